The number of amides is 1. The van der Waals surface area contributed by atoms with E-state index >= 15 is 0 Å². The minimum atomic E-state index is -2.45. The van der Waals surface area contributed by atoms with Gasteiger partial charge in [0.25, 0.3) is 0 Å². The molecule has 1 rings (SSSR count). The first-order valence-electron chi connectivity index (χ1n) is 8.48. The highest BCUT2D eigenvalue weighted by molar-refractivity contribution is 5.90. The molecule has 0 aliphatic rings. The number of hydrogen-bond donors (Lipinski definition) is 3. The molecule has 0 heterocycles. The van der Waals surface area contributed by atoms with E-state index in [-0.39, 0.29) is 12.3 Å². The maximum absolute atomic E-state index is 12.1. The molecule has 0 atom stereocenters. The summed E-state index contributed by atoms with van der Waals surface area (Å²) in [4.78, 5) is 10.8. The van der Waals surface area contributed by atoms with Gasteiger partial charge in [-0.05, 0) is 38.5 Å². The van der Waals surface area contributed by atoms with Crippen molar-refractivity contribution in [1.29, 1.82) is 0 Å². The van der Waals surface area contributed by atoms with E-state index in [0.29, 0.717) is 12.1 Å². The fourth-order valence-corrected chi connectivity index (χ4v) is 2.06. The van der Waals surface area contributed by atoms with Gasteiger partial charge in [-0.1, -0.05) is 26.2 Å². The maximum Gasteiger partial charge on any atom is 0.245 e. The van der Waals surface area contributed by atoms with E-state index in [1.54, 1.807) is 6.07 Å². The lowest BCUT2D eigenvalue weighted by molar-refractivity contribution is -0.114. The molecule has 24 heavy (non-hydrogen) atoms. The second-order valence-corrected chi connectivity index (χ2v) is 5.89. The van der Waals surface area contributed by atoms with Crippen LogP contribution >= 0.6 is 0 Å². The molecular weight excluding hydrogens is 312 g/mol. The molecule has 4 N–H and O–H groups in total. The summed E-state index contributed by atoms with van der Waals surface area (Å²) in [5.41, 5.74) is 8.02. The summed E-state index contributed by atoms with van der Waals surface area (Å²) in [7, 11) is 0. The van der Waals surface area contributed by atoms with Crippen molar-refractivity contribution in [2.75, 3.05) is 22.9 Å². The summed E-state index contributed by atoms with van der Waals surface area (Å²) >= 11 is 0. The van der Waals surface area contributed by atoms with E-state index in [1.165, 1.54) is 6.92 Å². The zero-order valence-electron chi connectivity index (χ0n) is 15.2. The Kier molecular flexibility index (Phi) is 10.8. The van der Waals surface area contributed by atoms with Crippen molar-refractivity contribution < 1.29 is 13.6 Å². The number of nitrogens with two attached hydrogens (primary N) is 1. The molecular formula is C18H31F2N3O. The van der Waals surface area contributed by atoms with E-state index in [1.807, 2.05) is 19.1 Å². The van der Waals surface area contributed by atoms with E-state index in [4.69, 9.17) is 5.73 Å². The van der Waals surface area contributed by atoms with Gasteiger partial charge < -0.3 is 16.4 Å². The summed E-state index contributed by atoms with van der Waals surface area (Å²) in [6, 6.07) is 5.40. The number of nitrogen functional groups attached to an aromatic ring is 1. The van der Waals surface area contributed by atoms with Crippen molar-refractivity contribution in [3.63, 3.8) is 0 Å². The molecule has 0 radical (unpaired) electrons. The van der Waals surface area contributed by atoms with E-state index in [0.717, 1.165) is 44.1 Å². The molecule has 0 spiro atoms. The SMILES string of the molecule is CCCCCCC(C)(F)F.CCNc1ccc(NC(C)=O)cc1N. The molecule has 0 saturated heterocycles. The Morgan fingerprint density at radius 1 is 1.21 bits per heavy atom. The number of carbonyl (C=O) groups is 1. The third kappa shape index (κ3) is 11.7. The normalized spacial score (nSPS) is 10.6. The summed E-state index contributed by atoms with van der Waals surface area (Å²) in [5.74, 6) is -2.55. The monoisotopic (exact) mass is 343 g/mol. The number of unbranched alkanes of at least 4 members (excludes halogenated alkanes) is 3. The van der Waals surface area contributed by atoms with Crippen molar-refractivity contribution in [1.82, 2.24) is 0 Å². The van der Waals surface area contributed by atoms with Crippen LogP contribution in [-0.4, -0.2) is 18.4 Å². The van der Waals surface area contributed by atoms with E-state index in [9.17, 15) is 13.6 Å². The zero-order valence-corrected chi connectivity index (χ0v) is 15.2. The zero-order chi connectivity index (χ0) is 18.6. The molecule has 4 nitrogen and oxygen atoms in total. The number of carbonyl (C=O) groups excluding carboxylic acids is 1. The summed E-state index contributed by atoms with van der Waals surface area (Å²) in [6.45, 7) is 7.35. The number of hydrogen-bond acceptors (Lipinski definition) is 3. The summed E-state index contributed by atoms with van der Waals surface area (Å²) in [5, 5.41) is 5.79. The Morgan fingerprint density at radius 3 is 2.33 bits per heavy atom. The minimum absolute atomic E-state index is 0.0486. The maximum atomic E-state index is 12.1. The Morgan fingerprint density at radius 2 is 1.88 bits per heavy atom. The Balaban J connectivity index is 0.000000470. The van der Waals surface area contributed by atoms with Gasteiger partial charge in [0.2, 0.25) is 11.8 Å². The average molecular weight is 343 g/mol. The van der Waals surface area contributed by atoms with E-state index < -0.39 is 5.92 Å². The quantitative estimate of drug-likeness (QED) is 0.445. The van der Waals surface area contributed by atoms with Crippen molar-refractivity contribution in [2.24, 2.45) is 0 Å². The molecule has 138 valence electrons. The Bertz CT molecular complexity index is 488. The van der Waals surface area contributed by atoms with Gasteiger partial charge in [-0.15, -0.1) is 0 Å². The van der Waals surface area contributed by atoms with Crippen LogP contribution in [0.15, 0.2) is 18.2 Å². The van der Waals surface area contributed by atoms with Gasteiger partial charge in [0, 0.05) is 25.6 Å². The fourth-order valence-electron chi connectivity index (χ4n) is 2.06. The predicted molar refractivity (Wildman–Crippen MR) is 98.7 cm³/mol. The third-order valence-corrected chi connectivity index (χ3v) is 3.21. The number of alkyl halides is 2. The van der Waals surface area contributed by atoms with Crippen molar-refractivity contribution in [3.05, 3.63) is 18.2 Å². The molecule has 0 bridgehead atoms. The number of anilines is 3. The van der Waals surface area contributed by atoms with Gasteiger partial charge in [-0.2, -0.15) is 0 Å². The molecule has 1 aromatic rings. The summed E-state index contributed by atoms with van der Waals surface area (Å²) < 4.78 is 24.3. The molecule has 0 unspecified atom stereocenters. The lowest BCUT2D eigenvalue weighted by Crippen LogP contribution is -2.08. The molecule has 1 amide bonds. The first-order valence-corrected chi connectivity index (χ1v) is 8.48. The predicted octanol–water partition coefficient (Wildman–Crippen LogP) is 5.27. The fraction of sp³-hybridized carbons (Fsp3) is 0.611. The largest absolute Gasteiger partial charge is 0.397 e. The third-order valence-electron chi connectivity index (χ3n) is 3.21. The molecule has 0 saturated carbocycles. The second-order valence-electron chi connectivity index (χ2n) is 5.89. The highest BCUT2D eigenvalue weighted by Gasteiger charge is 2.19. The van der Waals surface area contributed by atoms with Crippen LogP contribution in [0.4, 0.5) is 25.8 Å². The van der Waals surface area contributed by atoms with Crippen LogP contribution in [0.1, 0.15) is 59.8 Å². The number of benzene rings is 1. The first kappa shape index (κ1) is 22.1. The van der Waals surface area contributed by atoms with Crippen molar-refractivity contribution in [2.45, 2.75) is 65.7 Å². The van der Waals surface area contributed by atoms with Crippen LogP contribution in [-0.2, 0) is 4.79 Å². The van der Waals surface area contributed by atoms with Crippen LogP contribution in [0, 0.1) is 0 Å². The molecule has 0 fully saturated rings. The van der Waals surface area contributed by atoms with Crippen LogP contribution in [0.3, 0.4) is 0 Å². The van der Waals surface area contributed by atoms with E-state index in [2.05, 4.69) is 17.6 Å². The lowest BCUT2D eigenvalue weighted by atomic mass is 10.1. The summed E-state index contributed by atoms with van der Waals surface area (Å²) in [6.07, 6.45) is 3.84. The lowest BCUT2D eigenvalue weighted by Gasteiger charge is -2.09. The molecule has 6 heteroatoms. The van der Waals surface area contributed by atoms with Crippen molar-refractivity contribution >= 4 is 23.0 Å². The molecule has 0 aromatic heterocycles. The van der Waals surface area contributed by atoms with Gasteiger partial charge in [0.1, 0.15) is 0 Å². The van der Waals surface area contributed by atoms with Gasteiger partial charge in [0.05, 0.1) is 11.4 Å². The highest BCUT2D eigenvalue weighted by Crippen LogP contribution is 2.22. The second kappa shape index (κ2) is 11.6. The number of halogens is 2. The van der Waals surface area contributed by atoms with Gasteiger partial charge in [-0.3, -0.25) is 4.79 Å². The minimum Gasteiger partial charge on any atom is -0.397 e. The van der Waals surface area contributed by atoms with Gasteiger partial charge >= 0.3 is 0 Å². The van der Waals surface area contributed by atoms with Gasteiger partial charge in [-0.25, -0.2) is 8.78 Å². The average Bonchev–Trinajstić information content (AvgIpc) is 2.46. The van der Waals surface area contributed by atoms with Gasteiger partial charge in [0.15, 0.2) is 0 Å². The highest BCUT2D eigenvalue weighted by atomic mass is 19.3. The Hall–Kier alpha value is -1.85. The topological polar surface area (TPSA) is 67.1 Å². The van der Waals surface area contributed by atoms with Crippen LogP contribution in [0.5, 0.6) is 0 Å². The first-order chi connectivity index (χ1) is 11.2. The number of nitrogens with one attached hydrogen (secondary N) is 2. The van der Waals surface area contributed by atoms with Crippen molar-refractivity contribution in [3.8, 4) is 0 Å². The smallest absolute Gasteiger partial charge is 0.245 e. The molecule has 0 aliphatic carbocycles. The van der Waals surface area contributed by atoms with Crippen LogP contribution in [0.25, 0.3) is 0 Å². The Labute approximate surface area is 144 Å². The van der Waals surface area contributed by atoms with Crippen LogP contribution < -0.4 is 16.4 Å². The number of rotatable bonds is 8. The standard InChI is InChI=1S/C10H15N3O.C8H16F2/c1-3-12-10-5-4-8(6-9(10)11)13-7(2)14;1-3-4-5-6-7-8(2,9)10/h4-6,12H,3,11H2,1-2H3,(H,13,14);3-7H2,1-2H3. The van der Waals surface area contributed by atoms with Crippen LogP contribution in [0.2, 0.25) is 0 Å². The molecule has 0 aliphatic heterocycles. The molecule has 1 aromatic carbocycles.